The molecule has 15 nitrogen and oxygen atoms in total. The van der Waals surface area contributed by atoms with E-state index in [1.54, 1.807) is 47.6 Å². The van der Waals surface area contributed by atoms with Crippen molar-refractivity contribution in [1.82, 2.24) is 0 Å². The average Bonchev–Trinajstić information content (AvgIpc) is 1.23. The van der Waals surface area contributed by atoms with Crippen LogP contribution in [0.4, 0.5) is 25.8 Å². The van der Waals surface area contributed by atoms with Gasteiger partial charge in [-0.2, -0.15) is 0 Å². The summed E-state index contributed by atoms with van der Waals surface area (Å²) in [6.07, 6.45) is -2.77. The topological polar surface area (TPSA) is 227 Å². The molecule has 4 aromatic rings. The third kappa shape index (κ3) is 26.6. The molecule has 0 heterocycles. The number of hydrogen-bond donors (Lipinski definition) is 4. The van der Waals surface area contributed by atoms with Crippen molar-refractivity contribution < 1.29 is 58.3 Å². The number of anilines is 1. The van der Waals surface area contributed by atoms with E-state index in [1.807, 2.05) is 111 Å². The zero-order valence-electron chi connectivity index (χ0n) is 59.2. The van der Waals surface area contributed by atoms with E-state index in [2.05, 4.69) is 129 Å². The summed E-state index contributed by atoms with van der Waals surface area (Å²) < 4.78 is 24.8. The Morgan fingerprint density at radius 2 is 0.640 bits per heavy atom. The smallest absolute Gasteiger partial charge is 0.507 e. The van der Waals surface area contributed by atoms with Gasteiger partial charge in [0, 0.05) is 34.0 Å². The summed E-state index contributed by atoms with van der Waals surface area (Å²) in [4.78, 5) is 44.8. The zero-order valence-corrected chi connectivity index (χ0v) is 59.2. The van der Waals surface area contributed by atoms with Gasteiger partial charge in [-0.15, -0.1) is 0 Å². The Kier molecular flexibility index (Phi) is 26.4. The third-order valence-electron chi connectivity index (χ3n) is 12.5. The molecule has 4 aromatic carbocycles. The molecule has 0 bridgehead atoms. The normalized spacial score (nSPS) is 12.7. The van der Waals surface area contributed by atoms with Crippen LogP contribution < -0.4 is 10.5 Å². The second-order valence-electron chi connectivity index (χ2n) is 33.0. The van der Waals surface area contributed by atoms with Gasteiger partial charge in [0.15, 0.2) is 0 Å². The minimum absolute atomic E-state index is 0.00859. The summed E-state index contributed by atoms with van der Waals surface area (Å²) in [7, 11) is 0. The van der Waals surface area contributed by atoms with E-state index in [9.17, 15) is 39.8 Å². The van der Waals surface area contributed by atoms with E-state index >= 15 is 0 Å². The first-order valence-corrected chi connectivity index (χ1v) is 29.5. The van der Waals surface area contributed by atoms with Crippen LogP contribution in [-0.2, 0) is 62.3 Å². The van der Waals surface area contributed by atoms with E-state index in [0.717, 1.165) is 38.9 Å². The minimum atomic E-state index is -1.06. The first-order chi connectivity index (χ1) is 37.9. The van der Waals surface area contributed by atoms with Crippen molar-refractivity contribution in [1.29, 1.82) is 0 Å². The number of nitrogens with zero attached hydrogens (tertiary/aromatic N) is 1. The maximum absolute atomic E-state index is 12.1. The van der Waals surface area contributed by atoms with Crippen LogP contribution in [0.3, 0.4) is 0 Å². The molecular formula is C71H114N2O13. The molecule has 15 heteroatoms. The molecular weight excluding hydrogens is 1090 g/mol. The Morgan fingerprint density at radius 1 is 0.372 bits per heavy atom. The highest BCUT2D eigenvalue weighted by atomic mass is 16.8. The second-order valence-corrected chi connectivity index (χ2v) is 33.0. The molecule has 0 amide bonds. The van der Waals surface area contributed by atoms with E-state index < -0.39 is 45.6 Å². The Balaban J connectivity index is 0.00000106. The molecule has 0 radical (unpaired) electrons. The molecule has 4 rings (SSSR count). The SMILES string of the molecule is CC(C)(C)OC(=O)OC(=O)OC(C)(C)C.CC(C)(C)OC(=O)Oc1c(C(C)(C)C)cccc1C(C)(C)C.CC(C)(C)c1ccc(N)c(C(C)(C)C)c1O.CC(C)(C)c1ccc([N+](=O)[O-])c(C(C)(C)C)c1O.CC(C)(C)c1cccc(C(C)(C)C)c1O. The third-order valence-corrected chi connectivity index (χ3v) is 12.5. The van der Waals surface area contributed by atoms with Crippen molar-refractivity contribution in [2.24, 2.45) is 0 Å². The van der Waals surface area contributed by atoms with Crippen molar-refractivity contribution in [2.45, 2.75) is 289 Å². The molecule has 0 spiro atoms. The predicted molar refractivity (Wildman–Crippen MR) is 352 cm³/mol. The second kappa shape index (κ2) is 28.5. The first-order valence-electron chi connectivity index (χ1n) is 29.5. The fourth-order valence-corrected chi connectivity index (χ4v) is 8.62. The van der Waals surface area contributed by atoms with Crippen LogP contribution in [-0.4, -0.2) is 55.5 Å². The summed E-state index contributed by atoms with van der Waals surface area (Å²) in [6.45, 7) is 64.8. The Hall–Kier alpha value is -6.51. The number of phenols is 3. The number of nitro groups is 1. The van der Waals surface area contributed by atoms with E-state index in [0.29, 0.717) is 28.5 Å². The maximum Gasteiger partial charge on any atom is 0.519 e. The number of rotatable bonds is 2. The molecule has 486 valence electrons. The van der Waals surface area contributed by atoms with Crippen molar-refractivity contribution in [3.05, 3.63) is 115 Å². The average molecular weight is 1200 g/mol. The lowest BCUT2D eigenvalue weighted by molar-refractivity contribution is -0.386. The number of nitrogens with two attached hydrogens (primary N) is 1. The van der Waals surface area contributed by atoms with Gasteiger partial charge in [0.05, 0.1) is 10.5 Å². The largest absolute Gasteiger partial charge is 0.519 e. The van der Waals surface area contributed by atoms with Gasteiger partial charge in [0.2, 0.25) is 0 Å². The van der Waals surface area contributed by atoms with Gasteiger partial charge in [-0.05, 0) is 134 Å². The van der Waals surface area contributed by atoms with Crippen molar-refractivity contribution in [2.75, 3.05) is 5.73 Å². The van der Waals surface area contributed by atoms with Crippen LogP contribution in [0.1, 0.15) is 273 Å². The Bertz CT molecular complexity index is 2840. The number of nitro benzene ring substituents is 1. The van der Waals surface area contributed by atoms with Gasteiger partial charge in [-0.25, -0.2) is 14.4 Å². The molecule has 0 aliphatic heterocycles. The van der Waals surface area contributed by atoms with Crippen molar-refractivity contribution >= 4 is 29.8 Å². The molecule has 0 aliphatic carbocycles. The van der Waals surface area contributed by atoms with Gasteiger partial charge in [0.1, 0.15) is 39.8 Å². The molecule has 0 saturated heterocycles. The monoisotopic (exact) mass is 1200 g/mol. The number of aromatic hydroxyl groups is 3. The number of ether oxygens (including phenoxy) is 5. The number of carbonyl (C=O) groups is 3. The van der Waals surface area contributed by atoms with Gasteiger partial charge in [-0.1, -0.05) is 209 Å². The van der Waals surface area contributed by atoms with Gasteiger partial charge < -0.3 is 44.7 Å². The molecule has 5 N–H and O–H groups in total. The van der Waals surface area contributed by atoms with Gasteiger partial charge >= 0.3 is 18.5 Å². The van der Waals surface area contributed by atoms with Crippen molar-refractivity contribution in [3.8, 4) is 23.0 Å². The lowest BCUT2D eigenvalue weighted by atomic mass is 9.79. The quantitative estimate of drug-likeness (QED) is 0.0279. The Labute approximate surface area is 518 Å². The zero-order chi connectivity index (χ0) is 68.5. The highest BCUT2D eigenvalue weighted by Gasteiger charge is 2.34. The van der Waals surface area contributed by atoms with Gasteiger partial charge in [-0.3, -0.25) is 10.1 Å². The number of hydrogen-bond acceptors (Lipinski definition) is 14. The standard InChI is InChI=1S/C19H30O3.C14H21NO3.C14H23NO.C14H22O.C10H18O5/c1-17(2,3)13-11-10-12-14(18(4,5)6)15(13)21-16(20)22-19(7,8)9;1-13(2,3)9-7-8-10(15(17)18)11(12(9)16)14(4,5)6;1-13(2,3)9-7-8-10(15)11(12(9)16)14(4,5)6;1-13(2,3)10-8-7-9-11(12(10)15)14(4,5)6;1-9(2,3)14-7(11)13-8(12)15-10(4,5)6/h10-12H,1-9H3;7-8,16H,1-6H3;7-8,16H,15H2,1-6H3;7-9,15H,1-6H3;1-6H3. The van der Waals surface area contributed by atoms with Crippen LogP contribution >= 0.6 is 0 Å². The van der Waals surface area contributed by atoms with Crippen LogP contribution in [0.15, 0.2) is 60.7 Å². The fourth-order valence-electron chi connectivity index (χ4n) is 8.62. The molecule has 0 unspecified atom stereocenters. The predicted octanol–water partition coefficient (Wildman–Crippen LogP) is 19.9. The molecule has 0 aromatic heterocycles. The molecule has 0 aliphatic rings. The van der Waals surface area contributed by atoms with E-state index in [1.165, 1.54) is 6.07 Å². The number of benzene rings is 4. The summed E-state index contributed by atoms with van der Waals surface area (Å²) in [6, 6.07) is 19.0. The summed E-state index contributed by atoms with van der Waals surface area (Å²) >= 11 is 0. The molecule has 0 saturated carbocycles. The van der Waals surface area contributed by atoms with Crippen LogP contribution in [0.5, 0.6) is 23.0 Å². The van der Waals surface area contributed by atoms with Crippen LogP contribution in [0.25, 0.3) is 0 Å². The molecule has 0 atom stereocenters. The highest BCUT2D eigenvalue weighted by Crippen LogP contribution is 2.45. The molecule has 0 fully saturated rings. The maximum atomic E-state index is 12.1. The Morgan fingerprint density at radius 3 is 0.919 bits per heavy atom. The lowest BCUT2D eigenvalue weighted by Gasteiger charge is -2.29. The van der Waals surface area contributed by atoms with Crippen LogP contribution in [0.2, 0.25) is 0 Å². The highest BCUT2D eigenvalue weighted by molar-refractivity contribution is 5.77. The number of para-hydroxylation sites is 2. The minimum Gasteiger partial charge on any atom is -0.507 e. The number of nitrogen functional groups attached to an aromatic ring is 1. The van der Waals surface area contributed by atoms with Gasteiger partial charge in [0.25, 0.3) is 5.69 Å². The van der Waals surface area contributed by atoms with Crippen LogP contribution in [0, 0.1) is 10.1 Å². The van der Waals surface area contributed by atoms with E-state index in [-0.39, 0.29) is 49.3 Å². The number of phenolic OH excluding ortho intramolecular Hbond substituents is 3. The van der Waals surface area contributed by atoms with Crippen molar-refractivity contribution in [3.63, 3.8) is 0 Å². The first kappa shape index (κ1) is 79.5. The molecule has 86 heavy (non-hydrogen) atoms. The summed E-state index contributed by atoms with van der Waals surface area (Å²) in [5.74, 6) is 1.47. The fraction of sp³-hybridized carbons (Fsp3) is 0.620. The van der Waals surface area contributed by atoms with E-state index in [4.69, 9.17) is 24.7 Å². The lowest BCUT2D eigenvalue weighted by Crippen LogP contribution is -2.29. The summed E-state index contributed by atoms with van der Waals surface area (Å²) in [5, 5.41) is 42.1. The summed E-state index contributed by atoms with van der Waals surface area (Å²) in [5.41, 5.74) is 10.4. The number of carbonyl (C=O) groups excluding carboxylic acids is 3.